The summed E-state index contributed by atoms with van der Waals surface area (Å²) in [6.45, 7) is 6.98. The molecule has 0 aliphatic carbocycles. The summed E-state index contributed by atoms with van der Waals surface area (Å²) in [5.41, 5.74) is -0.710. The van der Waals surface area contributed by atoms with Crippen molar-refractivity contribution in [3.8, 4) is 0 Å². The number of likely N-dealkylation sites (tertiary alicyclic amines) is 1. The van der Waals surface area contributed by atoms with Gasteiger partial charge < -0.3 is 14.4 Å². The number of ether oxygens (including phenoxy) is 2. The first kappa shape index (κ1) is 15.1. The lowest BCUT2D eigenvalue weighted by molar-refractivity contribution is -0.150. The van der Waals surface area contributed by atoms with Crippen LogP contribution in [-0.2, 0) is 14.3 Å². The fourth-order valence-corrected chi connectivity index (χ4v) is 2.96. The van der Waals surface area contributed by atoms with Gasteiger partial charge in [0.1, 0.15) is 11.2 Å². The van der Waals surface area contributed by atoms with Gasteiger partial charge in [-0.05, 0) is 52.9 Å². The summed E-state index contributed by atoms with van der Waals surface area (Å²) in [5, 5.41) is 0. The monoisotopic (exact) mass is 283 g/mol. The number of nitrogens with zero attached hydrogens (tertiary/aromatic N) is 1. The normalized spacial score (nSPS) is 23.1. The van der Waals surface area contributed by atoms with Gasteiger partial charge in [-0.3, -0.25) is 4.79 Å². The molecule has 1 spiro atoms. The van der Waals surface area contributed by atoms with Crippen molar-refractivity contribution in [3.05, 3.63) is 0 Å². The van der Waals surface area contributed by atoms with Gasteiger partial charge in [0, 0.05) is 19.5 Å². The molecule has 5 nitrogen and oxygen atoms in total. The lowest BCUT2D eigenvalue weighted by Crippen LogP contribution is -2.41. The van der Waals surface area contributed by atoms with Crippen LogP contribution in [0.15, 0.2) is 0 Å². The van der Waals surface area contributed by atoms with E-state index in [1.165, 1.54) is 0 Å². The summed E-state index contributed by atoms with van der Waals surface area (Å²) < 4.78 is 10.9. The molecule has 2 aliphatic rings. The maximum Gasteiger partial charge on any atom is 0.410 e. The summed E-state index contributed by atoms with van der Waals surface area (Å²) in [6.07, 6.45) is 4.53. The zero-order valence-corrected chi connectivity index (χ0v) is 12.7. The van der Waals surface area contributed by atoms with E-state index >= 15 is 0 Å². The summed E-state index contributed by atoms with van der Waals surface area (Å²) in [6, 6.07) is 0. The van der Waals surface area contributed by atoms with Crippen molar-refractivity contribution in [2.45, 2.75) is 70.5 Å². The predicted octanol–water partition coefficient (Wildman–Crippen LogP) is 2.87. The summed E-state index contributed by atoms with van der Waals surface area (Å²) in [4.78, 5) is 25.2. The molecule has 0 unspecified atom stereocenters. The number of hydrogen-bond donors (Lipinski definition) is 0. The van der Waals surface area contributed by atoms with E-state index in [1.54, 1.807) is 4.90 Å². The van der Waals surface area contributed by atoms with E-state index in [-0.39, 0.29) is 17.7 Å². The highest BCUT2D eigenvalue weighted by molar-refractivity contribution is 5.72. The molecule has 0 atom stereocenters. The molecule has 0 aromatic carbocycles. The highest BCUT2D eigenvalue weighted by Gasteiger charge is 2.40. The topological polar surface area (TPSA) is 55.8 Å². The largest absolute Gasteiger partial charge is 0.459 e. The zero-order chi connectivity index (χ0) is 14.8. The highest BCUT2D eigenvalue weighted by Crippen LogP contribution is 2.36. The van der Waals surface area contributed by atoms with Crippen LogP contribution >= 0.6 is 0 Å². The van der Waals surface area contributed by atoms with E-state index < -0.39 is 5.60 Å². The van der Waals surface area contributed by atoms with Crippen LogP contribution in [0.2, 0.25) is 0 Å². The smallest absolute Gasteiger partial charge is 0.410 e. The van der Waals surface area contributed by atoms with Crippen LogP contribution in [0.4, 0.5) is 4.79 Å². The van der Waals surface area contributed by atoms with Gasteiger partial charge in [-0.25, -0.2) is 4.79 Å². The molecule has 114 valence electrons. The van der Waals surface area contributed by atoms with Crippen LogP contribution in [0, 0.1) is 0 Å². The molecule has 2 rings (SSSR count). The third-order valence-corrected chi connectivity index (χ3v) is 3.89. The second-order valence-corrected chi connectivity index (χ2v) is 6.83. The van der Waals surface area contributed by atoms with Gasteiger partial charge >= 0.3 is 12.1 Å². The molecule has 0 aromatic heterocycles. The van der Waals surface area contributed by atoms with Gasteiger partial charge in [0.05, 0.1) is 0 Å². The lowest BCUT2D eigenvalue weighted by Gasteiger charge is -2.34. The van der Waals surface area contributed by atoms with E-state index in [4.69, 9.17) is 9.47 Å². The lowest BCUT2D eigenvalue weighted by atomic mass is 9.88. The van der Waals surface area contributed by atoms with Crippen LogP contribution in [0.25, 0.3) is 0 Å². The second kappa shape index (κ2) is 5.62. The Hall–Kier alpha value is -1.26. The Morgan fingerprint density at radius 3 is 2.25 bits per heavy atom. The van der Waals surface area contributed by atoms with Crippen molar-refractivity contribution in [1.82, 2.24) is 4.90 Å². The number of carbonyl (C=O) groups is 2. The van der Waals surface area contributed by atoms with E-state index in [0.717, 1.165) is 32.1 Å². The van der Waals surface area contributed by atoms with Gasteiger partial charge in [0.2, 0.25) is 0 Å². The summed E-state index contributed by atoms with van der Waals surface area (Å²) in [7, 11) is 0. The van der Waals surface area contributed by atoms with Gasteiger partial charge in [0.15, 0.2) is 0 Å². The number of rotatable bonds is 0. The van der Waals surface area contributed by atoms with Crippen molar-refractivity contribution < 1.29 is 19.1 Å². The van der Waals surface area contributed by atoms with Crippen molar-refractivity contribution in [1.29, 1.82) is 0 Å². The fraction of sp³-hybridized carbons (Fsp3) is 0.867. The average molecular weight is 283 g/mol. The Balaban J connectivity index is 1.88. The van der Waals surface area contributed by atoms with Crippen molar-refractivity contribution >= 4 is 12.1 Å². The molecule has 20 heavy (non-hydrogen) atoms. The van der Waals surface area contributed by atoms with Gasteiger partial charge in [-0.2, -0.15) is 0 Å². The molecule has 0 N–H and O–H groups in total. The molecule has 0 saturated carbocycles. The molecule has 2 fully saturated rings. The van der Waals surface area contributed by atoms with Crippen molar-refractivity contribution in [2.24, 2.45) is 0 Å². The Labute approximate surface area is 120 Å². The minimum absolute atomic E-state index is 0.0745. The number of carbonyl (C=O) groups excluding carboxylic acids is 2. The van der Waals surface area contributed by atoms with Crippen LogP contribution in [0.5, 0.6) is 0 Å². The fourth-order valence-electron chi connectivity index (χ4n) is 2.96. The molecule has 2 heterocycles. The first-order valence-corrected chi connectivity index (χ1v) is 7.50. The Morgan fingerprint density at radius 1 is 1.20 bits per heavy atom. The molecule has 0 bridgehead atoms. The van der Waals surface area contributed by atoms with Gasteiger partial charge in [0.25, 0.3) is 0 Å². The molecule has 0 radical (unpaired) electrons. The quantitative estimate of drug-likeness (QED) is 0.641. The third-order valence-electron chi connectivity index (χ3n) is 3.89. The van der Waals surface area contributed by atoms with Crippen molar-refractivity contribution in [2.75, 3.05) is 13.1 Å². The van der Waals surface area contributed by atoms with E-state index in [9.17, 15) is 9.59 Å². The van der Waals surface area contributed by atoms with E-state index in [2.05, 4.69) is 0 Å². The highest BCUT2D eigenvalue weighted by atomic mass is 16.6. The number of hydrogen-bond acceptors (Lipinski definition) is 4. The Bertz CT molecular complexity index is 376. The Kier molecular flexibility index (Phi) is 4.25. The van der Waals surface area contributed by atoms with Crippen LogP contribution < -0.4 is 0 Å². The second-order valence-electron chi connectivity index (χ2n) is 6.83. The first-order valence-electron chi connectivity index (χ1n) is 7.50. The molecular weight excluding hydrogens is 258 g/mol. The zero-order valence-electron chi connectivity index (χ0n) is 12.7. The molecule has 1 amide bonds. The minimum Gasteiger partial charge on any atom is -0.459 e. The van der Waals surface area contributed by atoms with Gasteiger partial charge in [-0.1, -0.05) is 0 Å². The average Bonchev–Trinajstić information content (AvgIpc) is 2.64. The Morgan fingerprint density at radius 2 is 1.80 bits per heavy atom. The molecule has 0 aromatic rings. The SMILES string of the molecule is CC(C)(C)OC(=O)N1CCCC2(CCC1)CCC(=O)O2. The van der Waals surface area contributed by atoms with Crippen LogP contribution in [0.3, 0.4) is 0 Å². The minimum atomic E-state index is -0.457. The van der Waals surface area contributed by atoms with Gasteiger partial charge in [-0.15, -0.1) is 0 Å². The third kappa shape index (κ3) is 3.87. The predicted molar refractivity (Wildman–Crippen MR) is 74.3 cm³/mol. The molecule has 5 heteroatoms. The van der Waals surface area contributed by atoms with Crippen LogP contribution in [-0.4, -0.2) is 41.3 Å². The van der Waals surface area contributed by atoms with E-state index in [1.807, 2.05) is 20.8 Å². The standard InChI is InChI=1S/C15H25NO4/c1-14(2,3)20-13(18)16-10-4-7-15(8-5-11-16)9-6-12(17)19-15/h4-11H2,1-3H3. The first-order chi connectivity index (χ1) is 9.30. The molecular formula is C15H25NO4. The summed E-state index contributed by atoms with van der Waals surface area (Å²) in [5.74, 6) is -0.0745. The molecule has 2 saturated heterocycles. The number of amides is 1. The molecule has 2 aliphatic heterocycles. The van der Waals surface area contributed by atoms with E-state index in [0.29, 0.717) is 19.5 Å². The number of esters is 1. The van der Waals surface area contributed by atoms with Crippen LogP contribution in [0.1, 0.15) is 59.3 Å². The van der Waals surface area contributed by atoms with Crippen molar-refractivity contribution in [3.63, 3.8) is 0 Å². The maximum absolute atomic E-state index is 12.1. The maximum atomic E-state index is 12.1. The summed E-state index contributed by atoms with van der Waals surface area (Å²) >= 11 is 0.